The SMILES string of the molecule is Cn1cc(-c2nn(C)cc2C(=O)Nc2ccncc2)cn1. The van der Waals surface area contributed by atoms with Gasteiger partial charge in [0, 0.05) is 50.1 Å². The number of hydrogen-bond donors (Lipinski definition) is 1. The summed E-state index contributed by atoms with van der Waals surface area (Å²) in [6.07, 6.45) is 8.46. The summed E-state index contributed by atoms with van der Waals surface area (Å²) >= 11 is 0. The second-order valence-corrected chi connectivity index (χ2v) is 4.66. The van der Waals surface area contributed by atoms with Gasteiger partial charge >= 0.3 is 0 Å². The van der Waals surface area contributed by atoms with Gasteiger partial charge in [0.1, 0.15) is 5.69 Å². The lowest BCUT2D eigenvalue weighted by Crippen LogP contribution is -2.12. The van der Waals surface area contributed by atoms with Crippen molar-refractivity contribution in [3.8, 4) is 11.3 Å². The number of anilines is 1. The second kappa shape index (κ2) is 5.20. The minimum Gasteiger partial charge on any atom is -0.322 e. The number of carbonyl (C=O) groups is 1. The number of nitrogens with zero attached hydrogens (tertiary/aromatic N) is 5. The number of nitrogens with one attached hydrogen (secondary N) is 1. The quantitative estimate of drug-likeness (QED) is 0.789. The number of aryl methyl sites for hydroxylation is 2. The van der Waals surface area contributed by atoms with Crippen molar-refractivity contribution in [3.63, 3.8) is 0 Å². The molecular formula is C14H14N6O. The highest BCUT2D eigenvalue weighted by atomic mass is 16.1. The van der Waals surface area contributed by atoms with Gasteiger partial charge in [-0.25, -0.2) is 0 Å². The third-order valence-corrected chi connectivity index (χ3v) is 2.99. The van der Waals surface area contributed by atoms with Gasteiger partial charge in [-0.2, -0.15) is 10.2 Å². The zero-order valence-corrected chi connectivity index (χ0v) is 11.7. The lowest BCUT2D eigenvalue weighted by molar-refractivity contribution is 0.102. The zero-order valence-electron chi connectivity index (χ0n) is 11.7. The van der Waals surface area contributed by atoms with Crippen LogP contribution in [0.1, 0.15) is 10.4 Å². The molecule has 0 spiro atoms. The van der Waals surface area contributed by atoms with Crippen LogP contribution in [0, 0.1) is 0 Å². The topological polar surface area (TPSA) is 77.6 Å². The Morgan fingerprint density at radius 1 is 1.14 bits per heavy atom. The first-order valence-electron chi connectivity index (χ1n) is 6.37. The first-order chi connectivity index (χ1) is 10.1. The highest BCUT2D eigenvalue weighted by Gasteiger charge is 2.18. The standard InChI is InChI=1S/C14H14N6O/c1-19-8-10(7-16-19)13-12(9-20(2)18-13)14(21)17-11-3-5-15-6-4-11/h3-9H,1-2H3,(H,15,17,21). The Morgan fingerprint density at radius 3 is 2.57 bits per heavy atom. The predicted molar refractivity (Wildman–Crippen MR) is 77.6 cm³/mol. The van der Waals surface area contributed by atoms with Crippen molar-refractivity contribution < 1.29 is 4.79 Å². The van der Waals surface area contributed by atoms with Gasteiger partial charge < -0.3 is 5.32 Å². The van der Waals surface area contributed by atoms with Crippen molar-refractivity contribution >= 4 is 11.6 Å². The van der Waals surface area contributed by atoms with Crippen LogP contribution in [0.15, 0.2) is 43.1 Å². The van der Waals surface area contributed by atoms with Crippen LogP contribution in [0.4, 0.5) is 5.69 Å². The fourth-order valence-corrected chi connectivity index (χ4v) is 2.05. The summed E-state index contributed by atoms with van der Waals surface area (Å²) < 4.78 is 3.29. The molecule has 0 aliphatic carbocycles. The Bertz CT molecular complexity index is 774. The lowest BCUT2D eigenvalue weighted by Gasteiger charge is -2.03. The van der Waals surface area contributed by atoms with Gasteiger partial charge in [-0.05, 0) is 12.1 Å². The van der Waals surface area contributed by atoms with Crippen LogP contribution in [0.5, 0.6) is 0 Å². The van der Waals surface area contributed by atoms with Crippen molar-refractivity contribution in [2.75, 3.05) is 5.32 Å². The molecule has 1 N–H and O–H groups in total. The molecule has 0 fully saturated rings. The molecule has 0 bridgehead atoms. The normalized spacial score (nSPS) is 10.6. The molecule has 3 aromatic heterocycles. The summed E-state index contributed by atoms with van der Waals surface area (Å²) in [4.78, 5) is 16.3. The molecule has 7 heteroatoms. The maximum Gasteiger partial charge on any atom is 0.259 e. The maximum absolute atomic E-state index is 12.4. The number of amides is 1. The molecule has 0 aromatic carbocycles. The summed E-state index contributed by atoms with van der Waals surface area (Å²) in [5, 5.41) is 11.3. The van der Waals surface area contributed by atoms with E-state index in [0.717, 1.165) is 5.56 Å². The molecule has 3 aromatic rings. The number of rotatable bonds is 3. The Balaban J connectivity index is 1.93. The van der Waals surface area contributed by atoms with E-state index in [1.807, 2.05) is 13.2 Å². The molecule has 0 saturated heterocycles. The van der Waals surface area contributed by atoms with E-state index in [0.29, 0.717) is 16.9 Å². The van der Waals surface area contributed by atoms with Crippen LogP contribution >= 0.6 is 0 Å². The van der Waals surface area contributed by atoms with Gasteiger partial charge in [-0.3, -0.25) is 19.1 Å². The molecular weight excluding hydrogens is 268 g/mol. The fraction of sp³-hybridized carbons (Fsp3) is 0.143. The van der Waals surface area contributed by atoms with E-state index in [2.05, 4.69) is 20.5 Å². The summed E-state index contributed by atoms with van der Waals surface area (Å²) in [6.45, 7) is 0. The first-order valence-corrected chi connectivity index (χ1v) is 6.37. The molecule has 0 unspecified atom stereocenters. The van der Waals surface area contributed by atoms with Gasteiger partial charge in [0.15, 0.2) is 0 Å². The first kappa shape index (κ1) is 13.0. The number of carbonyl (C=O) groups excluding carboxylic acids is 1. The van der Waals surface area contributed by atoms with Crippen molar-refractivity contribution in [2.45, 2.75) is 0 Å². The Kier molecular flexibility index (Phi) is 3.23. The van der Waals surface area contributed by atoms with E-state index in [4.69, 9.17) is 0 Å². The zero-order chi connectivity index (χ0) is 14.8. The summed E-state index contributed by atoms with van der Waals surface area (Å²) in [6, 6.07) is 3.47. The van der Waals surface area contributed by atoms with Gasteiger partial charge in [-0.15, -0.1) is 0 Å². The van der Waals surface area contributed by atoms with Crippen LogP contribution in [0.3, 0.4) is 0 Å². The molecule has 3 heterocycles. The monoisotopic (exact) mass is 282 g/mol. The smallest absolute Gasteiger partial charge is 0.259 e. The average Bonchev–Trinajstić information content (AvgIpc) is 3.06. The molecule has 0 aliphatic heterocycles. The minimum absolute atomic E-state index is 0.215. The van der Waals surface area contributed by atoms with Crippen molar-refractivity contribution in [1.82, 2.24) is 24.5 Å². The Labute approximate surface area is 121 Å². The molecule has 21 heavy (non-hydrogen) atoms. The van der Waals surface area contributed by atoms with Crippen LogP contribution in [-0.4, -0.2) is 30.5 Å². The van der Waals surface area contributed by atoms with Crippen molar-refractivity contribution in [2.24, 2.45) is 14.1 Å². The Morgan fingerprint density at radius 2 is 1.90 bits per heavy atom. The van der Waals surface area contributed by atoms with Gasteiger partial charge in [-0.1, -0.05) is 0 Å². The fourth-order valence-electron chi connectivity index (χ4n) is 2.05. The lowest BCUT2D eigenvalue weighted by atomic mass is 10.1. The van der Waals surface area contributed by atoms with Gasteiger partial charge in [0.05, 0.1) is 11.8 Å². The van der Waals surface area contributed by atoms with Crippen LogP contribution in [-0.2, 0) is 14.1 Å². The van der Waals surface area contributed by atoms with Crippen molar-refractivity contribution in [1.29, 1.82) is 0 Å². The van der Waals surface area contributed by atoms with Crippen molar-refractivity contribution in [3.05, 3.63) is 48.7 Å². The van der Waals surface area contributed by atoms with E-state index in [-0.39, 0.29) is 5.91 Å². The third kappa shape index (κ3) is 2.66. The van der Waals surface area contributed by atoms with E-state index < -0.39 is 0 Å². The summed E-state index contributed by atoms with van der Waals surface area (Å²) in [5.74, 6) is -0.215. The summed E-state index contributed by atoms with van der Waals surface area (Å²) in [5.41, 5.74) is 2.61. The van der Waals surface area contributed by atoms with Crippen LogP contribution in [0.25, 0.3) is 11.3 Å². The summed E-state index contributed by atoms with van der Waals surface area (Å²) in [7, 11) is 3.60. The third-order valence-electron chi connectivity index (χ3n) is 2.99. The minimum atomic E-state index is -0.215. The maximum atomic E-state index is 12.4. The molecule has 7 nitrogen and oxygen atoms in total. The molecule has 3 rings (SSSR count). The number of hydrogen-bond acceptors (Lipinski definition) is 4. The van der Waals surface area contributed by atoms with Gasteiger partial charge in [0.25, 0.3) is 5.91 Å². The average molecular weight is 282 g/mol. The van der Waals surface area contributed by atoms with E-state index in [9.17, 15) is 4.79 Å². The predicted octanol–water partition coefficient (Wildman–Crippen LogP) is 1.47. The van der Waals surface area contributed by atoms with Crippen LogP contribution < -0.4 is 5.32 Å². The molecule has 0 aliphatic rings. The molecule has 0 atom stereocenters. The molecule has 0 saturated carbocycles. The van der Waals surface area contributed by atoms with Gasteiger partial charge in [0.2, 0.25) is 0 Å². The highest BCUT2D eigenvalue weighted by Crippen LogP contribution is 2.22. The molecule has 106 valence electrons. The van der Waals surface area contributed by atoms with E-state index >= 15 is 0 Å². The van der Waals surface area contributed by atoms with E-state index in [1.165, 1.54) is 0 Å². The largest absolute Gasteiger partial charge is 0.322 e. The number of aromatic nitrogens is 5. The second-order valence-electron chi connectivity index (χ2n) is 4.66. The Hall–Kier alpha value is -2.96. The number of pyridine rings is 1. The van der Waals surface area contributed by atoms with Crippen LogP contribution in [0.2, 0.25) is 0 Å². The molecule has 1 amide bonds. The highest BCUT2D eigenvalue weighted by molar-refractivity contribution is 6.07. The molecule has 0 radical (unpaired) electrons. The van der Waals surface area contributed by atoms with E-state index in [1.54, 1.807) is 53.3 Å².